The number of aromatic amines is 1. The minimum Gasteiger partial charge on any atom is -0.489 e. The van der Waals surface area contributed by atoms with Crippen LogP contribution in [-0.4, -0.2) is 27.2 Å². The predicted octanol–water partition coefficient (Wildman–Crippen LogP) is 2.93. The molecule has 0 unspecified atom stereocenters. The highest BCUT2D eigenvalue weighted by atomic mass is 35.5. The zero-order valence-corrected chi connectivity index (χ0v) is 13.9. The van der Waals surface area contributed by atoms with Crippen LogP contribution < -0.4 is 10.3 Å². The smallest absolute Gasteiger partial charge is 0.296 e. The molecule has 0 atom stereocenters. The van der Waals surface area contributed by atoms with Gasteiger partial charge in [0.25, 0.3) is 5.56 Å². The van der Waals surface area contributed by atoms with Crippen molar-refractivity contribution in [3.8, 4) is 5.75 Å². The van der Waals surface area contributed by atoms with Crippen LogP contribution in [0.25, 0.3) is 0 Å². The molecule has 0 fully saturated rings. The molecule has 1 aromatic carbocycles. The van der Waals surface area contributed by atoms with Gasteiger partial charge in [0.15, 0.2) is 0 Å². The van der Waals surface area contributed by atoms with Crippen LogP contribution in [0.2, 0.25) is 5.02 Å². The maximum atomic E-state index is 11.9. The molecule has 6 nitrogen and oxygen atoms in total. The Balaban J connectivity index is 2.32. The fourth-order valence-corrected chi connectivity index (χ4v) is 2.06. The molecule has 0 aliphatic carbocycles. The standard InChI is InChI=1S/C14H15ClN4O2S/c1-8(2)21-12-5-4-10(6-11(12)15)7-16-19-13(20)9(3)17-18-14(19)22/h4-8H,1-3H3,(H,18,22)/b16-7-. The predicted molar refractivity (Wildman–Crippen MR) is 88.6 cm³/mol. The topological polar surface area (TPSA) is 72.3 Å². The Bertz CT molecular complexity index is 826. The Morgan fingerprint density at radius 3 is 2.86 bits per heavy atom. The lowest BCUT2D eigenvalue weighted by atomic mass is 10.2. The van der Waals surface area contributed by atoms with Gasteiger partial charge < -0.3 is 4.74 Å². The quantitative estimate of drug-likeness (QED) is 0.687. The molecule has 0 amide bonds. The summed E-state index contributed by atoms with van der Waals surface area (Å²) < 4.78 is 6.75. The van der Waals surface area contributed by atoms with Gasteiger partial charge in [0, 0.05) is 0 Å². The van der Waals surface area contributed by atoms with Crippen LogP contribution in [0.1, 0.15) is 25.1 Å². The van der Waals surface area contributed by atoms with Crippen LogP contribution >= 0.6 is 23.8 Å². The van der Waals surface area contributed by atoms with Crippen LogP contribution in [0.3, 0.4) is 0 Å². The number of aryl methyl sites for hydroxylation is 1. The van der Waals surface area contributed by atoms with Crippen LogP contribution in [0.5, 0.6) is 5.75 Å². The summed E-state index contributed by atoms with van der Waals surface area (Å²) in [6.07, 6.45) is 1.53. The number of nitrogens with zero attached hydrogens (tertiary/aromatic N) is 3. The molecule has 0 saturated heterocycles. The molecule has 0 bridgehead atoms. The molecular weight excluding hydrogens is 324 g/mol. The minimum atomic E-state index is -0.370. The number of H-pyrrole nitrogens is 1. The summed E-state index contributed by atoms with van der Waals surface area (Å²) in [6.45, 7) is 5.42. The minimum absolute atomic E-state index is 0.0358. The van der Waals surface area contributed by atoms with Gasteiger partial charge in [-0.2, -0.15) is 14.9 Å². The largest absolute Gasteiger partial charge is 0.489 e. The zero-order chi connectivity index (χ0) is 16.3. The van der Waals surface area contributed by atoms with Crippen LogP contribution in [-0.2, 0) is 0 Å². The van der Waals surface area contributed by atoms with E-state index >= 15 is 0 Å². The van der Waals surface area contributed by atoms with Gasteiger partial charge in [-0.1, -0.05) is 11.6 Å². The molecule has 2 aromatic rings. The number of rotatable bonds is 4. The Hall–Kier alpha value is -1.99. The average Bonchev–Trinajstić information content (AvgIpc) is 2.45. The Kier molecular flexibility index (Phi) is 5.10. The van der Waals surface area contributed by atoms with Gasteiger partial charge in [-0.15, -0.1) is 0 Å². The number of nitrogens with one attached hydrogen (secondary N) is 1. The molecule has 0 spiro atoms. The second-order valence-electron chi connectivity index (χ2n) is 4.83. The van der Waals surface area contributed by atoms with Crippen molar-refractivity contribution < 1.29 is 4.74 Å². The summed E-state index contributed by atoms with van der Waals surface area (Å²) in [6, 6.07) is 5.25. The third-order valence-corrected chi connectivity index (χ3v) is 3.21. The highest BCUT2D eigenvalue weighted by Gasteiger charge is 2.05. The molecule has 2 rings (SSSR count). The van der Waals surface area contributed by atoms with Crippen molar-refractivity contribution in [1.29, 1.82) is 0 Å². The normalized spacial score (nSPS) is 11.3. The van der Waals surface area contributed by atoms with Gasteiger partial charge >= 0.3 is 0 Å². The highest BCUT2D eigenvalue weighted by Crippen LogP contribution is 2.25. The molecular formula is C14H15ClN4O2S. The van der Waals surface area contributed by atoms with E-state index in [1.54, 1.807) is 25.1 Å². The van der Waals surface area contributed by atoms with E-state index in [0.717, 1.165) is 10.2 Å². The summed E-state index contributed by atoms with van der Waals surface area (Å²) in [5.74, 6) is 0.600. The first-order valence-corrected chi connectivity index (χ1v) is 7.36. The van der Waals surface area contributed by atoms with Gasteiger partial charge in [0.05, 0.1) is 17.3 Å². The van der Waals surface area contributed by atoms with Crippen molar-refractivity contribution in [1.82, 2.24) is 14.9 Å². The molecule has 1 heterocycles. The molecule has 0 saturated carbocycles. The van der Waals surface area contributed by atoms with Gasteiger partial charge in [-0.25, -0.2) is 0 Å². The van der Waals surface area contributed by atoms with Crippen molar-refractivity contribution in [2.45, 2.75) is 26.9 Å². The number of halogens is 1. The monoisotopic (exact) mass is 338 g/mol. The summed E-state index contributed by atoms with van der Waals surface area (Å²) in [5, 5.41) is 10.9. The lowest BCUT2D eigenvalue weighted by molar-refractivity contribution is 0.242. The van der Waals surface area contributed by atoms with Crippen molar-refractivity contribution in [3.05, 3.63) is 49.6 Å². The first-order chi connectivity index (χ1) is 10.4. The maximum Gasteiger partial charge on any atom is 0.296 e. The first kappa shape index (κ1) is 16.4. The third-order valence-electron chi connectivity index (χ3n) is 2.65. The van der Waals surface area contributed by atoms with Crippen molar-refractivity contribution >= 4 is 30.0 Å². The fraction of sp³-hybridized carbons (Fsp3) is 0.286. The number of benzene rings is 1. The van der Waals surface area contributed by atoms with E-state index in [2.05, 4.69) is 15.3 Å². The molecule has 0 aliphatic rings. The van der Waals surface area contributed by atoms with E-state index in [9.17, 15) is 4.79 Å². The Morgan fingerprint density at radius 1 is 1.50 bits per heavy atom. The van der Waals surface area contributed by atoms with Crippen LogP contribution in [0.15, 0.2) is 28.1 Å². The number of hydrogen-bond acceptors (Lipinski definition) is 5. The SMILES string of the molecule is Cc1n[nH]c(=S)n(/N=C\c2ccc(OC(C)C)c(Cl)c2)c1=O. The zero-order valence-electron chi connectivity index (χ0n) is 12.3. The number of ether oxygens (including phenoxy) is 1. The maximum absolute atomic E-state index is 11.9. The number of aromatic nitrogens is 3. The molecule has 22 heavy (non-hydrogen) atoms. The van der Waals surface area contributed by atoms with E-state index in [1.807, 2.05) is 13.8 Å². The third kappa shape index (κ3) is 3.80. The van der Waals surface area contributed by atoms with Gasteiger partial charge in [0.1, 0.15) is 11.4 Å². The van der Waals surface area contributed by atoms with Gasteiger partial charge in [-0.3, -0.25) is 9.89 Å². The van der Waals surface area contributed by atoms with Crippen LogP contribution in [0.4, 0.5) is 0 Å². The fourth-order valence-electron chi connectivity index (χ4n) is 1.65. The van der Waals surface area contributed by atoms with E-state index in [4.69, 9.17) is 28.6 Å². The van der Waals surface area contributed by atoms with Crippen LogP contribution in [0, 0.1) is 11.7 Å². The number of hydrogen-bond donors (Lipinski definition) is 1. The molecule has 1 N–H and O–H groups in total. The first-order valence-electron chi connectivity index (χ1n) is 6.57. The Morgan fingerprint density at radius 2 is 2.23 bits per heavy atom. The molecule has 8 heteroatoms. The van der Waals surface area contributed by atoms with Crippen molar-refractivity contribution in [2.75, 3.05) is 0 Å². The van der Waals surface area contributed by atoms with E-state index in [-0.39, 0.29) is 22.1 Å². The van der Waals surface area contributed by atoms with Crippen molar-refractivity contribution in [3.63, 3.8) is 0 Å². The highest BCUT2D eigenvalue weighted by molar-refractivity contribution is 7.71. The summed E-state index contributed by atoms with van der Waals surface area (Å²) >= 11 is 11.1. The van der Waals surface area contributed by atoms with E-state index < -0.39 is 0 Å². The average molecular weight is 339 g/mol. The molecule has 0 aliphatic heterocycles. The second-order valence-corrected chi connectivity index (χ2v) is 5.63. The second kappa shape index (κ2) is 6.85. The summed E-state index contributed by atoms with van der Waals surface area (Å²) in [4.78, 5) is 11.9. The van der Waals surface area contributed by atoms with Gasteiger partial charge in [0.2, 0.25) is 4.77 Å². The van der Waals surface area contributed by atoms with E-state index in [0.29, 0.717) is 10.8 Å². The Labute approximate surface area is 137 Å². The van der Waals surface area contributed by atoms with Crippen molar-refractivity contribution in [2.24, 2.45) is 5.10 Å². The lowest BCUT2D eigenvalue weighted by Gasteiger charge is -2.11. The summed E-state index contributed by atoms with van der Waals surface area (Å²) in [7, 11) is 0. The lowest BCUT2D eigenvalue weighted by Crippen LogP contribution is -2.22. The molecule has 116 valence electrons. The van der Waals surface area contributed by atoms with Gasteiger partial charge in [-0.05, 0) is 56.8 Å². The summed E-state index contributed by atoms with van der Waals surface area (Å²) in [5.41, 5.74) is 0.632. The molecule has 1 aromatic heterocycles. The molecule has 0 radical (unpaired) electrons. The van der Waals surface area contributed by atoms with E-state index in [1.165, 1.54) is 6.21 Å².